The smallest absolute Gasteiger partial charge is 0.191 e. The normalized spacial score (nSPS) is 18.7. The molecule has 1 aliphatic heterocycles. The molecule has 0 spiro atoms. The van der Waals surface area contributed by atoms with Crippen LogP contribution in [0.3, 0.4) is 0 Å². The third kappa shape index (κ3) is 7.50. The minimum absolute atomic E-state index is 0.0954. The van der Waals surface area contributed by atoms with Crippen molar-refractivity contribution in [1.82, 2.24) is 10.6 Å². The average Bonchev–Trinajstić information content (AvgIpc) is 3.16. The predicted molar refractivity (Wildman–Crippen MR) is 105 cm³/mol. The van der Waals surface area contributed by atoms with Crippen LogP contribution in [0.25, 0.3) is 0 Å². The van der Waals surface area contributed by atoms with E-state index in [0.29, 0.717) is 24.8 Å². The molecule has 1 heterocycles. The van der Waals surface area contributed by atoms with Crippen molar-refractivity contribution in [2.75, 3.05) is 47.1 Å². The lowest BCUT2D eigenvalue weighted by molar-refractivity contribution is 0.0168. The van der Waals surface area contributed by atoms with Crippen LogP contribution in [-0.2, 0) is 14.2 Å². The lowest BCUT2D eigenvalue weighted by Gasteiger charge is -2.19. The van der Waals surface area contributed by atoms with Gasteiger partial charge in [-0.1, -0.05) is 23.7 Å². The standard InChI is InChI=1S/C19H30ClN3O3/c1-21-19(22-9-5-10-25-14-17-8-4-11-26-17)23-13-18(24-2)15-6-3-7-16(20)12-15/h3,6-7,12,17-18H,4-5,8-11,13-14H2,1-2H3,(H2,21,22,23). The van der Waals surface area contributed by atoms with Crippen molar-refractivity contribution in [3.8, 4) is 0 Å². The molecule has 7 heteroatoms. The molecule has 6 nitrogen and oxygen atoms in total. The molecule has 0 aromatic heterocycles. The highest BCUT2D eigenvalue weighted by Crippen LogP contribution is 2.19. The quantitative estimate of drug-likeness (QED) is 0.369. The number of rotatable bonds is 10. The number of ether oxygens (including phenoxy) is 3. The Labute approximate surface area is 161 Å². The summed E-state index contributed by atoms with van der Waals surface area (Å²) in [5, 5.41) is 7.27. The van der Waals surface area contributed by atoms with Crippen molar-refractivity contribution in [3.05, 3.63) is 34.9 Å². The lowest BCUT2D eigenvalue weighted by Crippen LogP contribution is -2.40. The molecular weight excluding hydrogens is 354 g/mol. The molecule has 1 saturated heterocycles. The molecule has 2 N–H and O–H groups in total. The van der Waals surface area contributed by atoms with E-state index in [1.165, 1.54) is 0 Å². The lowest BCUT2D eigenvalue weighted by atomic mass is 10.1. The predicted octanol–water partition coefficient (Wildman–Crippen LogP) is 2.78. The van der Waals surface area contributed by atoms with Gasteiger partial charge < -0.3 is 24.8 Å². The van der Waals surface area contributed by atoms with Crippen LogP contribution in [0.2, 0.25) is 5.02 Å². The second kappa shape index (κ2) is 12.1. The highest BCUT2D eigenvalue weighted by Gasteiger charge is 2.15. The van der Waals surface area contributed by atoms with Crippen LogP contribution >= 0.6 is 11.6 Å². The van der Waals surface area contributed by atoms with Crippen LogP contribution < -0.4 is 10.6 Å². The van der Waals surface area contributed by atoms with E-state index in [2.05, 4.69) is 15.6 Å². The van der Waals surface area contributed by atoms with Crippen LogP contribution in [0.15, 0.2) is 29.3 Å². The SMILES string of the molecule is CN=C(NCCCOCC1CCCO1)NCC(OC)c1cccc(Cl)c1. The summed E-state index contributed by atoms with van der Waals surface area (Å²) in [6, 6.07) is 7.70. The minimum Gasteiger partial charge on any atom is -0.379 e. The van der Waals surface area contributed by atoms with Crippen molar-refractivity contribution in [2.24, 2.45) is 4.99 Å². The van der Waals surface area contributed by atoms with Crippen LogP contribution in [0.4, 0.5) is 0 Å². The first-order valence-electron chi connectivity index (χ1n) is 9.15. The topological polar surface area (TPSA) is 64.1 Å². The van der Waals surface area contributed by atoms with Gasteiger partial charge in [-0.25, -0.2) is 0 Å². The van der Waals surface area contributed by atoms with Crippen molar-refractivity contribution in [2.45, 2.75) is 31.5 Å². The van der Waals surface area contributed by atoms with E-state index < -0.39 is 0 Å². The molecule has 0 saturated carbocycles. The monoisotopic (exact) mass is 383 g/mol. The summed E-state index contributed by atoms with van der Waals surface area (Å²) in [6.45, 7) is 3.68. The van der Waals surface area contributed by atoms with Gasteiger partial charge >= 0.3 is 0 Å². The van der Waals surface area contributed by atoms with E-state index in [1.54, 1.807) is 14.2 Å². The van der Waals surface area contributed by atoms with Crippen molar-refractivity contribution >= 4 is 17.6 Å². The zero-order valence-corrected chi connectivity index (χ0v) is 16.4. The van der Waals surface area contributed by atoms with Crippen LogP contribution in [0.5, 0.6) is 0 Å². The van der Waals surface area contributed by atoms with Crippen molar-refractivity contribution < 1.29 is 14.2 Å². The molecule has 0 amide bonds. The fourth-order valence-corrected chi connectivity index (χ4v) is 3.02. The fraction of sp³-hybridized carbons (Fsp3) is 0.632. The van der Waals surface area contributed by atoms with Crippen LogP contribution in [0, 0.1) is 0 Å². The first-order chi connectivity index (χ1) is 12.7. The van der Waals surface area contributed by atoms with Crippen LogP contribution in [-0.4, -0.2) is 59.1 Å². The molecule has 0 bridgehead atoms. The molecule has 26 heavy (non-hydrogen) atoms. The Bertz CT molecular complexity index is 551. The Morgan fingerprint density at radius 2 is 2.31 bits per heavy atom. The zero-order valence-electron chi connectivity index (χ0n) is 15.7. The number of methoxy groups -OCH3 is 1. The molecule has 2 unspecified atom stereocenters. The molecule has 2 rings (SSSR count). The second-order valence-electron chi connectivity index (χ2n) is 6.22. The number of hydrogen-bond donors (Lipinski definition) is 2. The van der Waals surface area contributed by atoms with E-state index in [0.717, 1.165) is 43.9 Å². The van der Waals surface area contributed by atoms with Gasteiger partial charge in [0.05, 0.1) is 18.8 Å². The Morgan fingerprint density at radius 1 is 1.42 bits per heavy atom. The van der Waals surface area contributed by atoms with E-state index in [4.69, 9.17) is 25.8 Å². The number of aliphatic imine (C=N–C) groups is 1. The van der Waals surface area contributed by atoms with Gasteiger partial charge in [0.1, 0.15) is 0 Å². The summed E-state index contributed by atoms with van der Waals surface area (Å²) in [4.78, 5) is 4.24. The number of benzene rings is 1. The maximum absolute atomic E-state index is 6.06. The maximum atomic E-state index is 6.06. The Hall–Kier alpha value is -1.34. The number of halogens is 1. The van der Waals surface area contributed by atoms with Gasteiger partial charge in [-0.05, 0) is 37.0 Å². The molecule has 1 aromatic carbocycles. The number of guanidine groups is 1. The average molecular weight is 384 g/mol. The fourth-order valence-electron chi connectivity index (χ4n) is 2.83. The highest BCUT2D eigenvalue weighted by atomic mass is 35.5. The Morgan fingerprint density at radius 3 is 3.00 bits per heavy atom. The summed E-state index contributed by atoms with van der Waals surface area (Å²) in [5.74, 6) is 0.744. The first kappa shape index (κ1) is 21.0. The first-order valence-corrected chi connectivity index (χ1v) is 9.53. The summed E-state index contributed by atoms with van der Waals surface area (Å²) >= 11 is 6.06. The van der Waals surface area contributed by atoms with Gasteiger partial charge in [0.25, 0.3) is 0 Å². The van der Waals surface area contributed by atoms with E-state index in [1.807, 2.05) is 24.3 Å². The maximum Gasteiger partial charge on any atom is 0.191 e. The number of hydrogen-bond acceptors (Lipinski definition) is 4. The van der Waals surface area contributed by atoms with Gasteiger partial charge in [-0.15, -0.1) is 0 Å². The summed E-state index contributed by atoms with van der Waals surface area (Å²) in [7, 11) is 3.44. The largest absolute Gasteiger partial charge is 0.379 e. The van der Waals surface area contributed by atoms with Gasteiger partial charge in [-0.3, -0.25) is 4.99 Å². The molecule has 1 fully saturated rings. The number of nitrogens with zero attached hydrogens (tertiary/aromatic N) is 1. The molecule has 2 atom stereocenters. The van der Waals surface area contributed by atoms with E-state index in [9.17, 15) is 0 Å². The summed E-state index contributed by atoms with van der Waals surface area (Å²) in [5.41, 5.74) is 1.03. The third-order valence-electron chi connectivity index (χ3n) is 4.27. The van der Waals surface area contributed by atoms with E-state index in [-0.39, 0.29) is 12.2 Å². The van der Waals surface area contributed by atoms with Crippen LogP contribution in [0.1, 0.15) is 30.9 Å². The molecular formula is C19H30ClN3O3. The van der Waals surface area contributed by atoms with E-state index >= 15 is 0 Å². The Balaban J connectivity index is 1.62. The highest BCUT2D eigenvalue weighted by molar-refractivity contribution is 6.30. The van der Waals surface area contributed by atoms with Gasteiger partial charge in [0.15, 0.2) is 5.96 Å². The second-order valence-corrected chi connectivity index (χ2v) is 6.66. The molecule has 0 radical (unpaired) electrons. The molecule has 1 aliphatic rings. The zero-order chi connectivity index (χ0) is 18.6. The van der Waals surface area contributed by atoms with Gasteiger partial charge in [0, 0.05) is 45.5 Å². The van der Waals surface area contributed by atoms with Gasteiger partial charge in [-0.2, -0.15) is 0 Å². The number of nitrogens with one attached hydrogen (secondary N) is 2. The van der Waals surface area contributed by atoms with Crippen molar-refractivity contribution in [1.29, 1.82) is 0 Å². The molecule has 0 aliphatic carbocycles. The molecule has 146 valence electrons. The third-order valence-corrected chi connectivity index (χ3v) is 4.50. The van der Waals surface area contributed by atoms with Crippen molar-refractivity contribution in [3.63, 3.8) is 0 Å². The summed E-state index contributed by atoms with van der Waals surface area (Å²) in [6.07, 6.45) is 3.36. The Kier molecular flexibility index (Phi) is 9.77. The van der Waals surface area contributed by atoms with Gasteiger partial charge in [0.2, 0.25) is 0 Å². The minimum atomic E-state index is -0.0954. The summed E-state index contributed by atoms with van der Waals surface area (Å²) < 4.78 is 16.8. The molecule has 1 aromatic rings.